The lowest BCUT2D eigenvalue weighted by atomic mass is 10.0. The van der Waals surface area contributed by atoms with E-state index in [1.807, 2.05) is 6.92 Å². The number of benzene rings is 3. The van der Waals surface area contributed by atoms with Gasteiger partial charge in [0.05, 0.1) is 21.4 Å². The number of rotatable bonds is 7. The fourth-order valence-electron chi connectivity index (χ4n) is 2.91. The van der Waals surface area contributed by atoms with E-state index in [1.54, 1.807) is 36.4 Å². The van der Waals surface area contributed by atoms with Crippen molar-refractivity contribution < 1.29 is 18.0 Å². The van der Waals surface area contributed by atoms with Gasteiger partial charge in [0.2, 0.25) is 5.91 Å². The fraction of sp³-hybridized carbons (Fsp3) is 0.130. The van der Waals surface area contributed by atoms with Gasteiger partial charge in [0, 0.05) is 22.6 Å². The Morgan fingerprint density at radius 3 is 2.26 bits per heavy atom. The van der Waals surface area contributed by atoms with Crippen LogP contribution >= 0.6 is 23.2 Å². The summed E-state index contributed by atoms with van der Waals surface area (Å²) in [6.07, 6.45) is -0.265. The van der Waals surface area contributed by atoms with Crippen molar-refractivity contribution in [2.45, 2.75) is 18.2 Å². The van der Waals surface area contributed by atoms with Crippen molar-refractivity contribution in [1.29, 1.82) is 0 Å². The number of nitrogens with one attached hydrogen (secondary N) is 1. The number of hydrogen-bond acceptors (Lipinski definition) is 4. The van der Waals surface area contributed by atoms with Gasteiger partial charge in [-0.3, -0.25) is 9.59 Å². The number of anilines is 1. The third kappa shape index (κ3) is 5.73. The Morgan fingerprint density at radius 2 is 1.58 bits per heavy atom. The number of carbonyl (C=O) groups excluding carboxylic acids is 2. The molecule has 0 aliphatic heterocycles. The second kappa shape index (κ2) is 9.64. The van der Waals surface area contributed by atoms with E-state index in [0.717, 1.165) is 5.56 Å². The Kier molecular flexibility index (Phi) is 7.15. The van der Waals surface area contributed by atoms with Crippen LogP contribution in [-0.4, -0.2) is 25.9 Å². The van der Waals surface area contributed by atoms with Crippen LogP contribution in [0, 0.1) is 6.92 Å². The summed E-state index contributed by atoms with van der Waals surface area (Å²) in [6, 6.07) is 17.4. The van der Waals surface area contributed by atoms with Crippen molar-refractivity contribution in [2.75, 3.05) is 11.1 Å². The van der Waals surface area contributed by atoms with Crippen LogP contribution in [0.3, 0.4) is 0 Å². The highest BCUT2D eigenvalue weighted by atomic mass is 35.5. The van der Waals surface area contributed by atoms with Crippen LogP contribution in [0.15, 0.2) is 71.6 Å². The Morgan fingerprint density at radius 1 is 0.903 bits per heavy atom. The van der Waals surface area contributed by atoms with Gasteiger partial charge in [0.1, 0.15) is 0 Å². The molecule has 0 saturated heterocycles. The summed E-state index contributed by atoms with van der Waals surface area (Å²) < 4.78 is 25.0. The van der Waals surface area contributed by atoms with Crippen molar-refractivity contribution in [3.05, 3.63) is 93.5 Å². The monoisotopic (exact) mass is 475 g/mol. The van der Waals surface area contributed by atoms with E-state index in [-0.39, 0.29) is 38.9 Å². The largest absolute Gasteiger partial charge is 0.325 e. The van der Waals surface area contributed by atoms with Crippen LogP contribution in [-0.2, 0) is 14.6 Å². The summed E-state index contributed by atoms with van der Waals surface area (Å²) in [5.41, 5.74) is 1.60. The number of hydrogen-bond donors (Lipinski definition) is 1. The quantitative estimate of drug-likeness (QED) is 0.467. The molecular formula is C23H19Cl2NO4S. The van der Waals surface area contributed by atoms with Crippen molar-refractivity contribution in [1.82, 2.24) is 0 Å². The summed E-state index contributed by atoms with van der Waals surface area (Å²) in [5.74, 6) is -1.30. The molecule has 31 heavy (non-hydrogen) atoms. The Balaban J connectivity index is 1.77. The molecule has 3 aromatic carbocycles. The van der Waals surface area contributed by atoms with Crippen LogP contribution in [0.2, 0.25) is 10.0 Å². The predicted molar refractivity (Wildman–Crippen MR) is 123 cm³/mol. The lowest BCUT2D eigenvalue weighted by Gasteiger charge is -2.12. The second-order valence-electron chi connectivity index (χ2n) is 6.93. The predicted octanol–water partition coefficient (Wildman–Crippen LogP) is 5.34. The average Bonchev–Trinajstić information content (AvgIpc) is 2.74. The minimum Gasteiger partial charge on any atom is -0.325 e. The van der Waals surface area contributed by atoms with Gasteiger partial charge < -0.3 is 5.32 Å². The zero-order valence-corrected chi connectivity index (χ0v) is 18.9. The Bertz CT molecular complexity index is 1240. The van der Waals surface area contributed by atoms with Crippen LogP contribution in [0.5, 0.6) is 0 Å². The fourth-order valence-corrected chi connectivity index (χ4v) is 4.54. The minimum absolute atomic E-state index is 0.159. The molecular weight excluding hydrogens is 457 g/mol. The number of sulfone groups is 1. The molecule has 0 bridgehead atoms. The van der Waals surface area contributed by atoms with Gasteiger partial charge in [0.15, 0.2) is 15.6 Å². The minimum atomic E-state index is -3.61. The van der Waals surface area contributed by atoms with E-state index in [4.69, 9.17) is 23.2 Å². The molecule has 0 saturated carbocycles. The number of carbonyl (C=O) groups is 2. The number of amides is 1. The van der Waals surface area contributed by atoms with Gasteiger partial charge in [-0.05, 0) is 49.4 Å². The third-order valence-corrected chi connectivity index (χ3v) is 6.89. The van der Waals surface area contributed by atoms with Gasteiger partial charge in [-0.15, -0.1) is 0 Å². The maximum absolute atomic E-state index is 13.0. The van der Waals surface area contributed by atoms with Crippen molar-refractivity contribution in [2.24, 2.45) is 0 Å². The van der Waals surface area contributed by atoms with Crippen LogP contribution < -0.4 is 5.32 Å². The highest BCUT2D eigenvalue weighted by molar-refractivity contribution is 7.91. The molecule has 0 fully saturated rings. The van der Waals surface area contributed by atoms with E-state index >= 15 is 0 Å². The zero-order valence-electron chi connectivity index (χ0n) is 16.6. The number of halogens is 2. The second-order valence-corrected chi connectivity index (χ2v) is 9.88. The molecule has 3 rings (SSSR count). The molecule has 0 heterocycles. The van der Waals surface area contributed by atoms with Gasteiger partial charge in [-0.25, -0.2) is 8.42 Å². The molecule has 1 amide bonds. The topological polar surface area (TPSA) is 80.3 Å². The molecule has 1 N–H and O–H groups in total. The maximum Gasteiger partial charge on any atom is 0.225 e. The summed E-state index contributed by atoms with van der Waals surface area (Å²) in [4.78, 5) is 25.6. The highest BCUT2D eigenvalue weighted by Gasteiger charge is 2.20. The molecule has 3 aromatic rings. The van der Waals surface area contributed by atoms with E-state index < -0.39 is 21.5 Å². The lowest BCUT2D eigenvalue weighted by molar-refractivity contribution is -0.115. The number of ketones is 1. The summed E-state index contributed by atoms with van der Waals surface area (Å²) in [5, 5.41) is 3.20. The summed E-state index contributed by atoms with van der Waals surface area (Å²) in [7, 11) is -3.61. The third-order valence-electron chi connectivity index (χ3n) is 4.60. The first-order chi connectivity index (χ1) is 14.7. The molecule has 0 aromatic heterocycles. The smallest absolute Gasteiger partial charge is 0.225 e. The molecule has 0 spiro atoms. The molecule has 5 nitrogen and oxygen atoms in total. The van der Waals surface area contributed by atoms with Crippen molar-refractivity contribution in [3.8, 4) is 0 Å². The van der Waals surface area contributed by atoms with E-state index in [2.05, 4.69) is 5.32 Å². The Labute approximate surface area is 190 Å². The number of aryl methyl sites for hydroxylation is 1. The molecule has 0 atom stereocenters. The van der Waals surface area contributed by atoms with Crippen LogP contribution in [0.1, 0.15) is 27.9 Å². The SMILES string of the molecule is Cc1ccc(S(=O)(=O)CCC(=O)Nc2ccc(Cl)cc2C(=O)c2ccccc2Cl)cc1. The normalized spacial score (nSPS) is 11.2. The van der Waals surface area contributed by atoms with Gasteiger partial charge in [-0.1, -0.05) is 53.0 Å². The molecule has 160 valence electrons. The van der Waals surface area contributed by atoms with Gasteiger partial charge in [-0.2, -0.15) is 0 Å². The Hall–Kier alpha value is -2.67. The van der Waals surface area contributed by atoms with Crippen LogP contribution in [0.4, 0.5) is 5.69 Å². The van der Waals surface area contributed by atoms with Crippen molar-refractivity contribution in [3.63, 3.8) is 0 Å². The van der Waals surface area contributed by atoms with E-state index in [9.17, 15) is 18.0 Å². The standard InChI is InChI=1S/C23H19Cl2NO4S/c1-15-6-9-17(10-7-15)31(29,30)13-12-22(27)26-21-11-8-16(24)14-19(21)23(28)18-4-2-3-5-20(18)25/h2-11,14H,12-13H2,1H3,(H,26,27). The first kappa shape index (κ1) is 23.0. The molecule has 0 aliphatic carbocycles. The molecule has 0 unspecified atom stereocenters. The van der Waals surface area contributed by atoms with Crippen molar-refractivity contribution >= 4 is 50.4 Å². The van der Waals surface area contributed by atoms with E-state index in [1.165, 1.54) is 30.3 Å². The highest BCUT2D eigenvalue weighted by Crippen LogP contribution is 2.27. The maximum atomic E-state index is 13.0. The summed E-state index contributed by atoms with van der Waals surface area (Å²) >= 11 is 12.2. The van der Waals surface area contributed by atoms with Gasteiger partial charge >= 0.3 is 0 Å². The average molecular weight is 476 g/mol. The van der Waals surface area contributed by atoms with Gasteiger partial charge in [0.25, 0.3) is 0 Å². The molecule has 8 heteroatoms. The lowest BCUT2D eigenvalue weighted by Crippen LogP contribution is -2.19. The molecule has 0 aliphatic rings. The summed E-state index contributed by atoms with van der Waals surface area (Å²) in [6.45, 7) is 1.86. The first-order valence-electron chi connectivity index (χ1n) is 9.35. The zero-order chi connectivity index (χ0) is 22.6. The first-order valence-corrected chi connectivity index (χ1v) is 11.8. The molecule has 0 radical (unpaired) electrons. The van der Waals surface area contributed by atoms with Crippen LogP contribution in [0.25, 0.3) is 0 Å². The van der Waals surface area contributed by atoms with E-state index in [0.29, 0.717) is 5.02 Å².